The number of para-hydroxylation sites is 1. The maximum Gasteiger partial charge on any atom is 0.263 e. The number of ether oxygens (including phenoxy) is 1. The van der Waals surface area contributed by atoms with Crippen molar-refractivity contribution >= 4 is 17.0 Å². The molecule has 0 saturated heterocycles. The summed E-state index contributed by atoms with van der Waals surface area (Å²) in [7, 11) is 0. The highest BCUT2D eigenvalue weighted by Crippen LogP contribution is 2.33. The van der Waals surface area contributed by atoms with E-state index in [1.165, 1.54) is 0 Å². The van der Waals surface area contributed by atoms with Crippen molar-refractivity contribution in [1.82, 2.24) is 19.7 Å². The lowest BCUT2D eigenvalue weighted by molar-refractivity contribution is 0.274. The number of benzene rings is 1. The van der Waals surface area contributed by atoms with E-state index >= 15 is 0 Å². The van der Waals surface area contributed by atoms with E-state index in [0.29, 0.717) is 23.6 Å². The number of hydrogen-bond donors (Lipinski definition) is 2. The first-order valence-corrected chi connectivity index (χ1v) is 8.40. The first-order valence-electron chi connectivity index (χ1n) is 8.40. The smallest absolute Gasteiger partial charge is 0.263 e. The van der Waals surface area contributed by atoms with Crippen LogP contribution in [0.3, 0.4) is 0 Å². The normalized spacial score (nSPS) is 17.2. The molecule has 3 aromatic rings. The van der Waals surface area contributed by atoms with Crippen molar-refractivity contribution in [3.05, 3.63) is 46.4 Å². The Morgan fingerprint density at radius 1 is 1.32 bits per heavy atom. The van der Waals surface area contributed by atoms with E-state index < -0.39 is 0 Å². The van der Waals surface area contributed by atoms with Gasteiger partial charge in [0.2, 0.25) is 5.95 Å². The molecule has 1 aromatic carbocycles. The lowest BCUT2D eigenvalue weighted by atomic mass is 10.0. The van der Waals surface area contributed by atoms with Crippen LogP contribution in [0.2, 0.25) is 0 Å². The van der Waals surface area contributed by atoms with Gasteiger partial charge in [-0.05, 0) is 26.8 Å². The maximum absolute atomic E-state index is 12.4. The van der Waals surface area contributed by atoms with Gasteiger partial charge < -0.3 is 10.1 Å². The zero-order valence-corrected chi connectivity index (χ0v) is 14.5. The number of nitrogens with zero attached hydrogens (tertiary/aromatic N) is 3. The highest BCUT2D eigenvalue weighted by molar-refractivity contribution is 5.74. The van der Waals surface area contributed by atoms with Crippen molar-refractivity contribution in [1.29, 1.82) is 0 Å². The molecule has 0 bridgehead atoms. The number of aromatic nitrogens is 4. The van der Waals surface area contributed by atoms with Crippen molar-refractivity contribution in [2.75, 3.05) is 11.9 Å². The summed E-state index contributed by atoms with van der Waals surface area (Å²) in [6.45, 7) is 6.72. The Bertz CT molecular complexity index is 983. The molecular formula is C18H21N5O2. The molecule has 0 fully saturated rings. The third-order valence-corrected chi connectivity index (χ3v) is 4.34. The van der Waals surface area contributed by atoms with E-state index in [2.05, 4.69) is 20.4 Å². The van der Waals surface area contributed by atoms with Crippen LogP contribution < -0.4 is 15.6 Å². The summed E-state index contributed by atoms with van der Waals surface area (Å²) < 4.78 is 7.47. The van der Waals surface area contributed by atoms with Crippen molar-refractivity contribution in [2.45, 2.75) is 38.8 Å². The predicted molar refractivity (Wildman–Crippen MR) is 96.1 cm³/mol. The third kappa shape index (κ3) is 2.75. The van der Waals surface area contributed by atoms with E-state index in [9.17, 15) is 4.79 Å². The minimum Gasteiger partial charge on any atom is -0.493 e. The molecule has 130 valence electrons. The number of anilines is 1. The summed E-state index contributed by atoms with van der Waals surface area (Å²) in [6.07, 6.45) is 2.37. The lowest BCUT2D eigenvalue weighted by Gasteiger charge is -2.27. The van der Waals surface area contributed by atoms with Crippen LogP contribution in [0.15, 0.2) is 35.3 Å². The molecule has 0 spiro atoms. The average molecular weight is 339 g/mol. The van der Waals surface area contributed by atoms with Crippen LogP contribution in [0.1, 0.15) is 38.8 Å². The van der Waals surface area contributed by atoms with Crippen LogP contribution in [0.4, 0.5) is 5.95 Å². The Balaban J connectivity index is 1.75. The van der Waals surface area contributed by atoms with Gasteiger partial charge in [0, 0.05) is 12.0 Å². The molecule has 0 radical (unpaired) electrons. The number of fused-ring (bicyclic) bond motifs is 2. The molecule has 2 aromatic heterocycles. The molecule has 1 aliphatic heterocycles. The van der Waals surface area contributed by atoms with Gasteiger partial charge in [-0.3, -0.25) is 9.78 Å². The largest absolute Gasteiger partial charge is 0.493 e. The van der Waals surface area contributed by atoms with E-state index in [4.69, 9.17) is 4.74 Å². The minimum atomic E-state index is -0.259. The van der Waals surface area contributed by atoms with Gasteiger partial charge in [-0.25, -0.2) is 4.68 Å². The Hall–Kier alpha value is -2.83. The molecule has 7 heteroatoms. The zero-order valence-electron chi connectivity index (χ0n) is 14.5. The molecule has 1 unspecified atom stereocenters. The second kappa shape index (κ2) is 5.61. The fourth-order valence-electron chi connectivity index (χ4n) is 3.13. The predicted octanol–water partition coefficient (Wildman–Crippen LogP) is 2.81. The SMILES string of the molecule is CC(C)(C)n1ncc2c(=O)[nH]c(NC3CCOc4ccccc43)nc21. The van der Waals surface area contributed by atoms with Crippen LogP contribution in [0.5, 0.6) is 5.75 Å². The lowest BCUT2D eigenvalue weighted by Crippen LogP contribution is -2.25. The average Bonchev–Trinajstić information content (AvgIpc) is 3.00. The molecule has 4 rings (SSSR count). The molecule has 0 amide bonds. The van der Waals surface area contributed by atoms with Gasteiger partial charge in [0.15, 0.2) is 5.65 Å². The van der Waals surface area contributed by atoms with Gasteiger partial charge in [-0.1, -0.05) is 18.2 Å². The second-order valence-corrected chi connectivity index (χ2v) is 7.25. The van der Waals surface area contributed by atoms with E-state index in [-0.39, 0.29) is 17.1 Å². The van der Waals surface area contributed by atoms with Crippen LogP contribution in [0, 0.1) is 0 Å². The number of H-pyrrole nitrogens is 1. The molecule has 1 aliphatic rings. The highest BCUT2D eigenvalue weighted by atomic mass is 16.5. The quantitative estimate of drug-likeness (QED) is 0.750. The van der Waals surface area contributed by atoms with Crippen molar-refractivity contribution in [3.63, 3.8) is 0 Å². The fourth-order valence-corrected chi connectivity index (χ4v) is 3.13. The monoisotopic (exact) mass is 339 g/mol. The third-order valence-electron chi connectivity index (χ3n) is 4.34. The number of aromatic amines is 1. The first kappa shape index (κ1) is 15.7. The summed E-state index contributed by atoms with van der Waals surface area (Å²) in [5, 5.41) is 8.18. The summed E-state index contributed by atoms with van der Waals surface area (Å²) in [5.74, 6) is 1.32. The van der Waals surface area contributed by atoms with Gasteiger partial charge in [0.25, 0.3) is 5.56 Å². The van der Waals surface area contributed by atoms with Crippen LogP contribution in [-0.4, -0.2) is 26.4 Å². The Labute approximate surface area is 145 Å². The van der Waals surface area contributed by atoms with Gasteiger partial charge in [0.1, 0.15) is 11.1 Å². The molecule has 7 nitrogen and oxygen atoms in total. The maximum atomic E-state index is 12.4. The van der Waals surface area contributed by atoms with Crippen LogP contribution in [-0.2, 0) is 5.54 Å². The van der Waals surface area contributed by atoms with E-state index in [0.717, 1.165) is 17.7 Å². The molecule has 2 N–H and O–H groups in total. The summed E-state index contributed by atoms with van der Waals surface area (Å²) >= 11 is 0. The second-order valence-electron chi connectivity index (χ2n) is 7.25. The van der Waals surface area contributed by atoms with E-state index in [1.54, 1.807) is 10.9 Å². The Morgan fingerprint density at radius 2 is 2.12 bits per heavy atom. The van der Waals surface area contributed by atoms with Gasteiger partial charge in [-0.15, -0.1) is 0 Å². The van der Waals surface area contributed by atoms with Crippen molar-refractivity contribution < 1.29 is 4.74 Å². The summed E-state index contributed by atoms with van der Waals surface area (Å²) in [6, 6.07) is 7.96. The molecule has 0 aliphatic carbocycles. The summed E-state index contributed by atoms with van der Waals surface area (Å²) in [5.41, 5.74) is 1.20. The molecule has 0 saturated carbocycles. The molecule has 3 heterocycles. The van der Waals surface area contributed by atoms with Gasteiger partial charge in [-0.2, -0.15) is 10.1 Å². The molecule has 1 atom stereocenters. The first-order chi connectivity index (χ1) is 11.9. The summed E-state index contributed by atoms with van der Waals surface area (Å²) in [4.78, 5) is 19.9. The number of hydrogen-bond acceptors (Lipinski definition) is 5. The molecular weight excluding hydrogens is 318 g/mol. The minimum absolute atomic E-state index is 0.0385. The van der Waals surface area contributed by atoms with Gasteiger partial charge >= 0.3 is 0 Å². The fraction of sp³-hybridized carbons (Fsp3) is 0.389. The highest BCUT2D eigenvalue weighted by Gasteiger charge is 2.23. The van der Waals surface area contributed by atoms with E-state index in [1.807, 2.05) is 45.0 Å². The zero-order chi connectivity index (χ0) is 17.6. The topological polar surface area (TPSA) is 84.8 Å². The van der Waals surface area contributed by atoms with Crippen LogP contribution >= 0.6 is 0 Å². The van der Waals surface area contributed by atoms with Crippen molar-refractivity contribution in [2.24, 2.45) is 0 Å². The van der Waals surface area contributed by atoms with Crippen LogP contribution in [0.25, 0.3) is 11.0 Å². The molecule has 25 heavy (non-hydrogen) atoms. The number of rotatable bonds is 2. The van der Waals surface area contributed by atoms with Crippen molar-refractivity contribution in [3.8, 4) is 5.75 Å². The Morgan fingerprint density at radius 3 is 2.92 bits per heavy atom. The standard InChI is InChI=1S/C18H21N5O2/c1-18(2,3)23-15-12(10-19-23)16(24)22-17(21-15)20-13-8-9-25-14-7-5-4-6-11(13)14/h4-7,10,13H,8-9H2,1-3H3,(H2,20,21,22,24). The number of nitrogens with one attached hydrogen (secondary N) is 2. The Kier molecular flexibility index (Phi) is 3.52. The van der Waals surface area contributed by atoms with Gasteiger partial charge in [0.05, 0.1) is 24.4 Å².